The Morgan fingerprint density at radius 3 is 2.03 bits per heavy atom. The maximum atomic E-state index is 13.2. The van der Waals surface area contributed by atoms with Crippen LogP contribution in [0.15, 0.2) is 24.3 Å². The Balaban J connectivity index is 1.52. The van der Waals surface area contributed by atoms with Crippen molar-refractivity contribution in [2.45, 2.75) is 114 Å². The fourth-order valence-corrected chi connectivity index (χ4v) is 7.68. The van der Waals surface area contributed by atoms with E-state index in [1.165, 1.54) is 18.6 Å². The van der Waals surface area contributed by atoms with Gasteiger partial charge in [-0.2, -0.15) is 13.2 Å². The number of hydrogen-bond acceptors (Lipinski definition) is 3. The SMILES string of the molecule is O[C@H](c1ccc(C(F)(F)F)cc1)c1c(C2CCCC2)nc2c(c1C1CCCC1)[C@@H](O)CC1(CCC1)C2. The predicted octanol–water partition coefficient (Wildman–Crippen LogP) is 7.65. The highest BCUT2D eigenvalue weighted by molar-refractivity contribution is 5.51. The lowest BCUT2D eigenvalue weighted by Crippen LogP contribution is -2.39. The maximum absolute atomic E-state index is 13.2. The third kappa shape index (κ3) is 4.18. The van der Waals surface area contributed by atoms with Crippen molar-refractivity contribution < 1.29 is 23.4 Å². The lowest BCUT2D eigenvalue weighted by atomic mass is 9.59. The van der Waals surface area contributed by atoms with Crippen molar-refractivity contribution in [3.8, 4) is 0 Å². The Labute approximate surface area is 211 Å². The van der Waals surface area contributed by atoms with Crippen LogP contribution in [-0.2, 0) is 12.6 Å². The zero-order chi connectivity index (χ0) is 25.1. The molecule has 4 aliphatic rings. The lowest BCUT2D eigenvalue weighted by Gasteiger charge is -2.48. The summed E-state index contributed by atoms with van der Waals surface area (Å²) in [6, 6.07) is 4.93. The summed E-state index contributed by atoms with van der Waals surface area (Å²) in [4.78, 5) is 5.26. The van der Waals surface area contributed by atoms with E-state index in [-0.39, 0.29) is 17.3 Å². The Morgan fingerprint density at radius 2 is 1.47 bits per heavy atom. The molecule has 6 heteroatoms. The van der Waals surface area contributed by atoms with Crippen molar-refractivity contribution in [3.05, 3.63) is 63.5 Å². The van der Waals surface area contributed by atoms with Gasteiger partial charge in [0.15, 0.2) is 0 Å². The van der Waals surface area contributed by atoms with Crippen LogP contribution >= 0.6 is 0 Å². The van der Waals surface area contributed by atoms with Gasteiger partial charge in [-0.1, -0.05) is 44.2 Å². The molecule has 3 fully saturated rings. The van der Waals surface area contributed by atoms with E-state index in [0.29, 0.717) is 5.56 Å². The van der Waals surface area contributed by atoms with Crippen molar-refractivity contribution >= 4 is 0 Å². The normalized spacial score (nSPS) is 25.2. The minimum Gasteiger partial charge on any atom is -0.388 e. The largest absolute Gasteiger partial charge is 0.416 e. The standard InChI is InChI=1S/C30H36F3NO2/c31-30(32,33)21-12-10-20(11-13-21)28(36)26-24(18-6-1-2-7-18)25-22(34-27(26)19-8-3-4-9-19)16-29(14-5-15-29)17-23(25)35/h10-13,18-19,23,28,35-36H,1-9,14-17H2/t23-,28+/m0/s1. The number of aromatic nitrogens is 1. The van der Waals surface area contributed by atoms with Crippen molar-refractivity contribution in [3.63, 3.8) is 0 Å². The zero-order valence-electron chi connectivity index (χ0n) is 20.8. The van der Waals surface area contributed by atoms with Gasteiger partial charge in [-0.25, -0.2) is 0 Å². The first-order valence-electron chi connectivity index (χ1n) is 13.9. The van der Waals surface area contributed by atoms with Crippen molar-refractivity contribution in [2.24, 2.45) is 5.41 Å². The molecule has 1 aromatic carbocycles. The maximum Gasteiger partial charge on any atom is 0.416 e. The first-order valence-corrected chi connectivity index (χ1v) is 13.9. The highest BCUT2D eigenvalue weighted by Gasteiger charge is 2.46. The molecule has 194 valence electrons. The predicted molar refractivity (Wildman–Crippen MR) is 132 cm³/mol. The van der Waals surface area contributed by atoms with Gasteiger partial charge in [0.05, 0.1) is 17.4 Å². The summed E-state index contributed by atoms with van der Waals surface area (Å²) < 4.78 is 39.6. The molecule has 4 aliphatic carbocycles. The molecule has 3 nitrogen and oxygen atoms in total. The summed E-state index contributed by atoms with van der Waals surface area (Å²) in [6.45, 7) is 0. The highest BCUT2D eigenvalue weighted by atomic mass is 19.4. The first kappa shape index (κ1) is 24.4. The zero-order valence-corrected chi connectivity index (χ0v) is 20.8. The van der Waals surface area contributed by atoms with E-state index in [4.69, 9.17) is 4.98 Å². The first-order chi connectivity index (χ1) is 17.3. The smallest absolute Gasteiger partial charge is 0.388 e. The van der Waals surface area contributed by atoms with Gasteiger partial charge in [-0.15, -0.1) is 0 Å². The van der Waals surface area contributed by atoms with Gasteiger partial charge in [0.1, 0.15) is 6.10 Å². The molecular formula is C30H36F3NO2. The monoisotopic (exact) mass is 499 g/mol. The third-order valence-corrected chi connectivity index (χ3v) is 9.67. The second-order valence-electron chi connectivity index (χ2n) is 11.9. The topological polar surface area (TPSA) is 53.4 Å². The van der Waals surface area contributed by atoms with E-state index >= 15 is 0 Å². The molecule has 1 aromatic heterocycles. The molecule has 0 unspecified atom stereocenters. The molecule has 0 amide bonds. The lowest BCUT2D eigenvalue weighted by molar-refractivity contribution is -0.137. The van der Waals surface area contributed by atoms with E-state index in [0.717, 1.165) is 117 Å². The number of alkyl halides is 3. The minimum absolute atomic E-state index is 0.160. The second-order valence-corrected chi connectivity index (χ2v) is 11.9. The number of aliphatic hydroxyl groups is 2. The molecule has 0 radical (unpaired) electrons. The van der Waals surface area contributed by atoms with Gasteiger partial charge in [-0.3, -0.25) is 4.98 Å². The summed E-state index contributed by atoms with van der Waals surface area (Å²) in [6.07, 6.45) is 7.66. The molecule has 6 rings (SSSR count). The fourth-order valence-electron chi connectivity index (χ4n) is 7.68. The summed E-state index contributed by atoms with van der Waals surface area (Å²) in [7, 11) is 0. The van der Waals surface area contributed by atoms with Crippen LogP contribution in [0.5, 0.6) is 0 Å². The molecule has 2 atom stereocenters. The average Bonchev–Trinajstić information content (AvgIpc) is 3.55. The molecule has 2 aromatic rings. The molecule has 3 saturated carbocycles. The minimum atomic E-state index is -4.41. The highest BCUT2D eigenvalue weighted by Crippen LogP contribution is 2.56. The summed E-state index contributed by atoms with van der Waals surface area (Å²) in [5.41, 5.74) is 4.68. The number of hydrogen-bond donors (Lipinski definition) is 2. The van der Waals surface area contributed by atoms with E-state index in [9.17, 15) is 23.4 Å². The van der Waals surface area contributed by atoms with Gasteiger partial charge < -0.3 is 10.2 Å². The van der Waals surface area contributed by atoms with Crippen molar-refractivity contribution in [2.75, 3.05) is 0 Å². The third-order valence-electron chi connectivity index (χ3n) is 9.67. The molecule has 36 heavy (non-hydrogen) atoms. The van der Waals surface area contributed by atoms with Gasteiger partial charge >= 0.3 is 6.18 Å². The second kappa shape index (κ2) is 9.13. The number of pyridine rings is 1. The number of rotatable bonds is 4. The fraction of sp³-hybridized carbons (Fsp3) is 0.633. The van der Waals surface area contributed by atoms with E-state index in [2.05, 4.69) is 0 Å². The molecular weight excluding hydrogens is 463 g/mol. The van der Waals surface area contributed by atoms with Crippen LogP contribution in [0.4, 0.5) is 13.2 Å². The summed E-state index contributed by atoms with van der Waals surface area (Å²) in [5, 5.41) is 23.3. The summed E-state index contributed by atoms with van der Waals surface area (Å²) >= 11 is 0. The Kier molecular flexibility index (Phi) is 6.19. The number of fused-ring (bicyclic) bond motifs is 1. The molecule has 0 aliphatic heterocycles. The van der Waals surface area contributed by atoms with Crippen LogP contribution in [-0.4, -0.2) is 15.2 Å². The number of benzene rings is 1. The number of aliphatic hydroxyl groups excluding tert-OH is 2. The molecule has 2 N–H and O–H groups in total. The Bertz CT molecular complexity index is 1110. The van der Waals surface area contributed by atoms with Crippen LogP contribution < -0.4 is 0 Å². The van der Waals surface area contributed by atoms with Crippen LogP contribution in [0, 0.1) is 5.41 Å². The van der Waals surface area contributed by atoms with Crippen molar-refractivity contribution in [1.82, 2.24) is 4.98 Å². The van der Waals surface area contributed by atoms with Crippen LogP contribution in [0.1, 0.15) is 140 Å². The number of nitrogens with zero attached hydrogens (tertiary/aromatic N) is 1. The Morgan fingerprint density at radius 1 is 0.861 bits per heavy atom. The quantitative estimate of drug-likeness (QED) is 0.454. The van der Waals surface area contributed by atoms with E-state index in [1.54, 1.807) is 0 Å². The molecule has 0 saturated heterocycles. The van der Waals surface area contributed by atoms with Crippen molar-refractivity contribution in [1.29, 1.82) is 0 Å². The van der Waals surface area contributed by atoms with Gasteiger partial charge in [0.2, 0.25) is 0 Å². The Hall–Kier alpha value is -1.92. The number of halogens is 3. The summed E-state index contributed by atoms with van der Waals surface area (Å²) in [5.74, 6) is 0.511. The molecule has 1 spiro atoms. The van der Waals surface area contributed by atoms with Crippen LogP contribution in [0.25, 0.3) is 0 Å². The van der Waals surface area contributed by atoms with Crippen LogP contribution in [0.2, 0.25) is 0 Å². The van der Waals surface area contributed by atoms with Crippen LogP contribution in [0.3, 0.4) is 0 Å². The molecule has 0 bridgehead atoms. The average molecular weight is 500 g/mol. The van der Waals surface area contributed by atoms with Gasteiger partial charge in [0.25, 0.3) is 0 Å². The van der Waals surface area contributed by atoms with Gasteiger partial charge in [-0.05, 0) is 86.0 Å². The van der Waals surface area contributed by atoms with E-state index < -0.39 is 23.9 Å². The van der Waals surface area contributed by atoms with Gasteiger partial charge in [0, 0.05) is 22.7 Å². The molecule has 1 heterocycles. The van der Waals surface area contributed by atoms with E-state index in [1.807, 2.05) is 0 Å².